The third kappa shape index (κ3) is 10.2. The number of aliphatic hydroxyl groups is 1. The number of carboxylic acids is 3. The SMILES string of the molecule is CCC(C)C(N)C(=O)NC(CO)C(=O)NC(CCC(=O)O)C(=O)NC(CC(=O)O)C(=O)O. The Hall–Kier alpha value is -3.26. The van der Waals surface area contributed by atoms with Gasteiger partial charge in [-0.3, -0.25) is 24.0 Å². The van der Waals surface area contributed by atoms with Crippen LogP contribution in [0.5, 0.6) is 0 Å². The number of nitrogens with two attached hydrogens (primary N) is 1. The maximum Gasteiger partial charge on any atom is 0.326 e. The Labute approximate surface area is 183 Å². The average molecular weight is 462 g/mol. The van der Waals surface area contributed by atoms with Gasteiger partial charge in [0.05, 0.1) is 19.1 Å². The van der Waals surface area contributed by atoms with Gasteiger partial charge in [0.15, 0.2) is 0 Å². The Bertz CT molecular complexity index is 714. The average Bonchev–Trinajstić information content (AvgIpc) is 2.71. The van der Waals surface area contributed by atoms with E-state index in [9.17, 15) is 33.9 Å². The van der Waals surface area contributed by atoms with Gasteiger partial charge in [-0.15, -0.1) is 0 Å². The van der Waals surface area contributed by atoms with Gasteiger partial charge >= 0.3 is 17.9 Å². The normalized spacial score (nSPS) is 15.4. The molecule has 32 heavy (non-hydrogen) atoms. The summed E-state index contributed by atoms with van der Waals surface area (Å²) < 4.78 is 0. The molecule has 0 radical (unpaired) electrons. The van der Waals surface area contributed by atoms with Crippen molar-refractivity contribution in [1.82, 2.24) is 16.0 Å². The molecule has 0 rings (SSSR count). The van der Waals surface area contributed by atoms with Gasteiger partial charge in [0, 0.05) is 6.42 Å². The minimum Gasteiger partial charge on any atom is -0.481 e. The Balaban J connectivity index is 5.39. The summed E-state index contributed by atoms with van der Waals surface area (Å²) in [6.07, 6.45) is -1.44. The van der Waals surface area contributed by atoms with Gasteiger partial charge in [-0.05, 0) is 12.3 Å². The van der Waals surface area contributed by atoms with Crippen molar-refractivity contribution in [3.63, 3.8) is 0 Å². The molecule has 0 aromatic carbocycles. The van der Waals surface area contributed by atoms with Crippen molar-refractivity contribution in [2.75, 3.05) is 6.61 Å². The second-order valence-electron chi connectivity index (χ2n) is 7.15. The van der Waals surface area contributed by atoms with Crippen LogP contribution in [0.2, 0.25) is 0 Å². The van der Waals surface area contributed by atoms with Crippen molar-refractivity contribution in [1.29, 1.82) is 0 Å². The van der Waals surface area contributed by atoms with Crippen LogP contribution in [-0.2, 0) is 28.8 Å². The Morgan fingerprint density at radius 3 is 1.75 bits per heavy atom. The number of carbonyl (C=O) groups is 6. The maximum atomic E-state index is 12.5. The highest BCUT2D eigenvalue weighted by molar-refractivity contribution is 5.94. The van der Waals surface area contributed by atoms with Gasteiger partial charge in [-0.25, -0.2) is 4.79 Å². The molecule has 0 saturated heterocycles. The van der Waals surface area contributed by atoms with E-state index in [-0.39, 0.29) is 5.92 Å². The van der Waals surface area contributed by atoms with Crippen molar-refractivity contribution in [2.45, 2.75) is 63.7 Å². The highest BCUT2D eigenvalue weighted by Gasteiger charge is 2.31. The van der Waals surface area contributed by atoms with Gasteiger partial charge in [0.1, 0.15) is 18.1 Å². The van der Waals surface area contributed by atoms with Crippen molar-refractivity contribution in [3.8, 4) is 0 Å². The first-order chi connectivity index (χ1) is 14.8. The van der Waals surface area contributed by atoms with E-state index in [1.807, 2.05) is 5.32 Å². The number of hydrogen-bond donors (Lipinski definition) is 8. The van der Waals surface area contributed by atoms with Crippen LogP contribution in [0, 0.1) is 5.92 Å². The van der Waals surface area contributed by atoms with E-state index in [0.717, 1.165) is 0 Å². The number of carboxylic acid groups (broad SMARTS) is 3. The molecular weight excluding hydrogens is 432 g/mol. The quantitative estimate of drug-likeness (QED) is 0.124. The third-order valence-electron chi connectivity index (χ3n) is 4.65. The molecule has 0 aromatic rings. The smallest absolute Gasteiger partial charge is 0.326 e. The molecule has 0 fully saturated rings. The fraction of sp³-hybridized carbons (Fsp3) is 0.667. The standard InChI is InChI=1S/C18H30N4O10/c1-3-8(2)14(19)17(30)22-11(7-23)16(29)20-9(4-5-12(24)25)15(28)21-10(18(31)32)6-13(26)27/h8-11,14,23H,3-7,19H2,1-2H3,(H,20,29)(H,21,28)(H,22,30)(H,24,25)(H,26,27)(H,31,32). The number of amides is 3. The molecule has 0 saturated carbocycles. The van der Waals surface area contributed by atoms with E-state index in [0.29, 0.717) is 6.42 Å². The highest BCUT2D eigenvalue weighted by Crippen LogP contribution is 2.06. The molecular formula is C18H30N4O10. The number of rotatable bonds is 15. The van der Waals surface area contributed by atoms with Crippen LogP contribution in [-0.4, -0.2) is 86.8 Å². The summed E-state index contributed by atoms with van der Waals surface area (Å²) >= 11 is 0. The molecule has 14 heteroatoms. The van der Waals surface area contributed by atoms with Crippen LogP contribution in [0.1, 0.15) is 39.5 Å². The van der Waals surface area contributed by atoms with Crippen molar-refractivity contribution in [2.24, 2.45) is 11.7 Å². The summed E-state index contributed by atoms with van der Waals surface area (Å²) in [5.74, 6) is -7.63. The van der Waals surface area contributed by atoms with Crippen molar-refractivity contribution < 1.29 is 49.2 Å². The predicted octanol–water partition coefficient (Wildman–Crippen LogP) is -2.77. The molecule has 5 unspecified atom stereocenters. The summed E-state index contributed by atoms with van der Waals surface area (Å²) in [4.78, 5) is 69.8. The summed E-state index contributed by atoms with van der Waals surface area (Å²) in [6.45, 7) is 2.64. The molecule has 182 valence electrons. The first kappa shape index (κ1) is 28.7. The van der Waals surface area contributed by atoms with Gasteiger partial charge in [0.2, 0.25) is 17.7 Å². The predicted molar refractivity (Wildman–Crippen MR) is 107 cm³/mol. The van der Waals surface area contributed by atoms with E-state index >= 15 is 0 Å². The van der Waals surface area contributed by atoms with Crippen LogP contribution in [0.4, 0.5) is 0 Å². The summed E-state index contributed by atoms with van der Waals surface area (Å²) in [5, 5.41) is 42.4. The van der Waals surface area contributed by atoms with E-state index < -0.39 is 85.7 Å². The lowest BCUT2D eigenvalue weighted by Gasteiger charge is -2.25. The fourth-order valence-corrected chi connectivity index (χ4v) is 2.43. The molecule has 0 aliphatic carbocycles. The lowest BCUT2D eigenvalue weighted by atomic mass is 9.99. The molecule has 0 aliphatic rings. The van der Waals surface area contributed by atoms with Crippen LogP contribution >= 0.6 is 0 Å². The van der Waals surface area contributed by atoms with Crippen molar-refractivity contribution >= 4 is 35.6 Å². The second kappa shape index (κ2) is 13.9. The molecule has 0 heterocycles. The molecule has 0 aromatic heterocycles. The Kier molecular flexibility index (Phi) is 12.5. The van der Waals surface area contributed by atoms with Crippen molar-refractivity contribution in [3.05, 3.63) is 0 Å². The van der Waals surface area contributed by atoms with Crippen LogP contribution in [0.3, 0.4) is 0 Å². The fourth-order valence-electron chi connectivity index (χ4n) is 2.43. The zero-order valence-electron chi connectivity index (χ0n) is 17.7. The zero-order chi connectivity index (χ0) is 25.0. The summed E-state index contributed by atoms with van der Waals surface area (Å²) in [6, 6.07) is -5.90. The van der Waals surface area contributed by atoms with E-state index in [1.54, 1.807) is 13.8 Å². The van der Waals surface area contributed by atoms with Gasteiger partial charge in [-0.1, -0.05) is 20.3 Å². The van der Waals surface area contributed by atoms with Gasteiger partial charge in [-0.2, -0.15) is 0 Å². The van der Waals surface area contributed by atoms with E-state index in [4.69, 9.17) is 21.1 Å². The lowest BCUT2D eigenvalue weighted by molar-refractivity contribution is -0.147. The number of aliphatic carboxylic acids is 3. The van der Waals surface area contributed by atoms with Crippen LogP contribution in [0.25, 0.3) is 0 Å². The summed E-state index contributed by atoms with van der Waals surface area (Å²) in [7, 11) is 0. The number of hydrogen-bond acceptors (Lipinski definition) is 8. The lowest BCUT2D eigenvalue weighted by Crippen LogP contribution is -2.58. The Morgan fingerprint density at radius 2 is 1.31 bits per heavy atom. The largest absolute Gasteiger partial charge is 0.481 e. The number of carbonyl (C=O) groups excluding carboxylic acids is 3. The molecule has 5 atom stereocenters. The van der Waals surface area contributed by atoms with E-state index in [2.05, 4.69) is 10.6 Å². The number of nitrogens with one attached hydrogen (secondary N) is 3. The van der Waals surface area contributed by atoms with Crippen LogP contribution < -0.4 is 21.7 Å². The number of aliphatic hydroxyl groups excluding tert-OH is 1. The zero-order valence-corrected chi connectivity index (χ0v) is 17.7. The first-order valence-electron chi connectivity index (χ1n) is 9.77. The Morgan fingerprint density at radius 1 is 0.812 bits per heavy atom. The van der Waals surface area contributed by atoms with E-state index in [1.165, 1.54) is 0 Å². The first-order valence-corrected chi connectivity index (χ1v) is 9.77. The van der Waals surface area contributed by atoms with Gasteiger partial charge < -0.3 is 42.1 Å². The topological polar surface area (TPSA) is 245 Å². The monoisotopic (exact) mass is 462 g/mol. The minimum atomic E-state index is -1.83. The minimum absolute atomic E-state index is 0.228. The van der Waals surface area contributed by atoms with Crippen LogP contribution in [0.15, 0.2) is 0 Å². The molecule has 14 nitrogen and oxygen atoms in total. The summed E-state index contributed by atoms with van der Waals surface area (Å²) in [5.41, 5.74) is 5.77. The molecule has 0 spiro atoms. The molecule has 0 bridgehead atoms. The second-order valence-corrected chi connectivity index (χ2v) is 7.15. The molecule has 3 amide bonds. The third-order valence-corrected chi connectivity index (χ3v) is 4.65. The molecule has 9 N–H and O–H groups in total. The highest BCUT2D eigenvalue weighted by atomic mass is 16.4. The van der Waals surface area contributed by atoms with Gasteiger partial charge in [0.25, 0.3) is 0 Å². The molecule has 0 aliphatic heterocycles. The maximum absolute atomic E-state index is 12.5.